The average molecular weight is 419 g/mol. The molecule has 5 heteroatoms. The van der Waals surface area contributed by atoms with Gasteiger partial charge in [-0.15, -0.1) is 11.3 Å². The van der Waals surface area contributed by atoms with Crippen LogP contribution in [0, 0.1) is 0 Å². The van der Waals surface area contributed by atoms with Crippen LogP contribution in [-0.4, -0.2) is 6.54 Å². The second-order valence-electron chi connectivity index (χ2n) is 4.41. The third kappa shape index (κ3) is 4.88. The highest BCUT2D eigenvalue weighted by Crippen LogP contribution is 2.29. The third-order valence-corrected chi connectivity index (χ3v) is 4.88. The first-order valence-corrected chi connectivity index (χ1v) is 8.95. The van der Waals surface area contributed by atoms with Crippen LogP contribution in [0.1, 0.15) is 23.1 Å². The minimum atomic E-state index is 0.610. The molecule has 1 aromatic carbocycles. The highest BCUT2D eigenvalue weighted by molar-refractivity contribution is 9.11. The summed E-state index contributed by atoms with van der Waals surface area (Å²) in [6, 6.07) is 10.2. The molecule has 0 saturated carbocycles. The molecule has 20 heavy (non-hydrogen) atoms. The van der Waals surface area contributed by atoms with Crippen molar-refractivity contribution in [3.8, 4) is 5.75 Å². The van der Waals surface area contributed by atoms with Gasteiger partial charge < -0.3 is 10.1 Å². The maximum absolute atomic E-state index is 5.84. The lowest BCUT2D eigenvalue weighted by Crippen LogP contribution is -2.12. The number of hydrogen-bond acceptors (Lipinski definition) is 3. The highest BCUT2D eigenvalue weighted by Gasteiger charge is 2.04. The summed E-state index contributed by atoms with van der Waals surface area (Å²) in [5.41, 5.74) is 0. The lowest BCUT2D eigenvalue weighted by atomic mass is 10.3. The first kappa shape index (κ1) is 16.0. The lowest BCUT2D eigenvalue weighted by molar-refractivity contribution is 0.308. The summed E-state index contributed by atoms with van der Waals surface area (Å²) in [5, 5.41) is 3.41. The molecule has 2 rings (SSSR count). The molecule has 0 atom stereocenters. The van der Waals surface area contributed by atoms with Crippen molar-refractivity contribution < 1.29 is 4.74 Å². The second kappa shape index (κ2) is 8.17. The molecule has 0 aliphatic rings. The van der Waals surface area contributed by atoms with Crippen molar-refractivity contribution in [1.82, 2.24) is 5.32 Å². The molecule has 0 aliphatic heterocycles. The Hall–Kier alpha value is -0.360. The smallest absolute Gasteiger partial charge is 0.134 e. The quantitative estimate of drug-likeness (QED) is 0.611. The van der Waals surface area contributed by atoms with E-state index in [0.717, 1.165) is 27.8 Å². The van der Waals surface area contributed by atoms with Crippen LogP contribution in [0.4, 0.5) is 0 Å². The van der Waals surface area contributed by atoms with Crippen LogP contribution in [0.2, 0.25) is 0 Å². The van der Waals surface area contributed by atoms with E-state index in [2.05, 4.69) is 56.2 Å². The van der Waals surface area contributed by atoms with E-state index in [-0.39, 0.29) is 0 Å². The van der Waals surface area contributed by atoms with Gasteiger partial charge in [0.15, 0.2) is 0 Å². The third-order valence-electron chi connectivity index (χ3n) is 2.71. The minimum Gasteiger partial charge on any atom is -0.487 e. The van der Waals surface area contributed by atoms with E-state index in [9.17, 15) is 0 Å². The Morgan fingerprint density at radius 1 is 1.15 bits per heavy atom. The molecule has 0 fully saturated rings. The van der Waals surface area contributed by atoms with Gasteiger partial charge in [0.1, 0.15) is 12.4 Å². The normalized spacial score (nSPS) is 10.8. The molecule has 0 spiro atoms. The van der Waals surface area contributed by atoms with Gasteiger partial charge in [-0.25, -0.2) is 0 Å². The lowest BCUT2D eigenvalue weighted by Gasteiger charge is -2.07. The molecule has 2 nitrogen and oxygen atoms in total. The number of nitrogens with one attached hydrogen (secondary N) is 1. The van der Waals surface area contributed by atoms with Crippen LogP contribution in [0.15, 0.2) is 39.3 Å². The Morgan fingerprint density at radius 3 is 2.70 bits per heavy atom. The van der Waals surface area contributed by atoms with Crippen LogP contribution in [-0.2, 0) is 13.2 Å². The van der Waals surface area contributed by atoms with Crippen LogP contribution in [0.5, 0.6) is 5.75 Å². The molecule has 2 aromatic rings. The number of rotatable bonds is 7. The molecule has 0 amide bonds. The van der Waals surface area contributed by atoms with Gasteiger partial charge in [0.05, 0.1) is 4.47 Å². The Morgan fingerprint density at radius 2 is 1.95 bits per heavy atom. The van der Waals surface area contributed by atoms with E-state index >= 15 is 0 Å². The summed E-state index contributed by atoms with van der Waals surface area (Å²) < 4.78 is 7.84. The zero-order valence-electron chi connectivity index (χ0n) is 11.3. The van der Waals surface area contributed by atoms with Gasteiger partial charge in [-0.05, 0) is 59.2 Å². The van der Waals surface area contributed by atoms with Crippen molar-refractivity contribution >= 4 is 43.2 Å². The van der Waals surface area contributed by atoms with Crippen molar-refractivity contribution in [3.63, 3.8) is 0 Å². The van der Waals surface area contributed by atoms with Gasteiger partial charge in [-0.2, -0.15) is 0 Å². The van der Waals surface area contributed by atoms with E-state index in [1.165, 1.54) is 16.2 Å². The fourth-order valence-corrected chi connectivity index (χ4v) is 3.79. The summed E-state index contributed by atoms with van der Waals surface area (Å²) in [6.45, 7) is 4.80. The standard InChI is InChI=1S/C15H17Br2NOS/c1-2-7-18-9-12-4-5-13(20-12)10-19-15-6-3-11(16)8-14(15)17/h3-6,8,18H,2,7,9-10H2,1H3. The van der Waals surface area contributed by atoms with Crippen molar-refractivity contribution in [1.29, 1.82) is 0 Å². The molecule has 0 bridgehead atoms. The number of halogens is 2. The summed E-state index contributed by atoms with van der Waals surface area (Å²) in [5.74, 6) is 0.868. The summed E-state index contributed by atoms with van der Waals surface area (Å²) >= 11 is 8.74. The van der Waals surface area contributed by atoms with Gasteiger partial charge in [-0.1, -0.05) is 22.9 Å². The number of thiophene rings is 1. The molecular formula is C15H17Br2NOS. The molecule has 0 aliphatic carbocycles. The maximum Gasteiger partial charge on any atom is 0.134 e. The Balaban J connectivity index is 1.87. The first-order chi connectivity index (χ1) is 9.69. The number of hydrogen-bond donors (Lipinski definition) is 1. The molecule has 108 valence electrons. The first-order valence-electron chi connectivity index (χ1n) is 6.55. The summed E-state index contributed by atoms with van der Waals surface area (Å²) in [7, 11) is 0. The van der Waals surface area contributed by atoms with Crippen LogP contribution < -0.4 is 10.1 Å². The zero-order valence-corrected chi connectivity index (χ0v) is 15.3. The Kier molecular flexibility index (Phi) is 6.55. The highest BCUT2D eigenvalue weighted by atomic mass is 79.9. The van der Waals surface area contributed by atoms with Gasteiger partial charge in [0, 0.05) is 20.8 Å². The summed E-state index contributed by atoms with van der Waals surface area (Å²) in [4.78, 5) is 2.60. The van der Waals surface area contributed by atoms with Gasteiger partial charge >= 0.3 is 0 Å². The van der Waals surface area contributed by atoms with Gasteiger partial charge in [0.2, 0.25) is 0 Å². The van der Waals surface area contributed by atoms with Crippen LogP contribution >= 0.6 is 43.2 Å². The molecule has 1 aromatic heterocycles. The zero-order chi connectivity index (χ0) is 14.4. The van der Waals surface area contributed by atoms with Crippen molar-refractivity contribution in [2.24, 2.45) is 0 Å². The number of benzene rings is 1. The molecule has 0 radical (unpaired) electrons. The topological polar surface area (TPSA) is 21.3 Å². The minimum absolute atomic E-state index is 0.610. The van der Waals surface area contributed by atoms with Gasteiger partial charge in [0.25, 0.3) is 0 Å². The van der Waals surface area contributed by atoms with Crippen LogP contribution in [0.3, 0.4) is 0 Å². The van der Waals surface area contributed by atoms with E-state index in [4.69, 9.17) is 4.74 Å². The predicted octanol–water partition coefficient (Wildman–Crippen LogP) is 5.35. The number of ether oxygens (including phenoxy) is 1. The largest absolute Gasteiger partial charge is 0.487 e. The van der Waals surface area contributed by atoms with E-state index in [1.807, 2.05) is 18.2 Å². The molecule has 0 unspecified atom stereocenters. The average Bonchev–Trinajstić information content (AvgIpc) is 2.86. The Labute approximate surface area is 140 Å². The van der Waals surface area contributed by atoms with E-state index < -0.39 is 0 Å². The monoisotopic (exact) mass is 417 g/mol. The van der Waals surface area contributed by atoms with E-state index in [1.54, 1.807) is 11.3 Å². The summed E-state index contributed by atoms with van der Waals surface area (Å²) in [6.07, 6.45) is 1.17. The van der Waals surface area contributed by atoms with Crippen molar-refractivity contribution in [2.75, 3.05) is 6.54 Å². The maximum atomic E-state index is 5.84. The molecular weight excluding hydrogens is 402 g/mol. The van der Waals surface area contributed by atoms with E-state index in [0.29, 0.717) is 6.61 Å². The van der Waals surface area contributed by atoms with Crippen molar-refractivity contribution in [3.05, 3.63) is 49.0 Å². The fourth-order valence-electron chi connectivity index (χ4n) is 1.72. The molecule has 0 saturated heterocycles. The second-order valence-corrected chi connectivity index (χ2v) is 7.43. The molecule has 1 N–H and O–H groups in total. The Bertz CT molecular complexity index is 557. The van der Waals surface area contributed by atoms with Crippen LogP contribution in [0.25, 0.3) is 0 Å². The fraction of sp³-hybridized carbons (Fsp3) is 0.333. The molecule has 1 heterocycles. The van der Waals surface area contributed by atoms with Crippen molar-refractivity contribution in [2.45, 2.75) is 26.5 Å². The van der Waals surface area contributed by atoms with Gasteiger partial charge in [-0.3, -0.25) is 0 Å². The SMILES string of the molecule is CCCNCc1ccc(COc2ccc(Br)cc2Br)s1. The predicted molar refractivity (Wildman–Crippen MR) is 92.5 cm³/mol.